The van der Waals surface area contributed by atoms with Crippen molar-refractivity contribution in [2.24, 2.45) is 5.73 Å². The van der Waals surface area contributed by atoms with Crippen molar-refractivity contribution >= 4 is 23.5 Å². The van der Waals surface area contributed by atoms with E-state index in [1.54, 1.807) is 24.3 Å². The molecule has 0 bridgehead atoms. The minimum Gasteiger partial charge on any atom is -0.507 e. The predicted octanol–water partition coefficient (Wildman–Crippen LogP) is 2.65. The maximum Gasteiger partial charge on any atom is 0.245 e. The molecular weight excluding hydrogens is 328 g/mol. The largest absolute Gasteiger partial charge is 0.507 e. The van der Waals surface area contributed by atoms with E-state index in [1.165, 1.54) is 6.08 Å². The average molecular weight is 352 g/mol. The van der Waals surface area contributed by atoms with Crippen LogP contribution in [0.3, 0.4) is 0 Å². The van der Waals surface area contributed by atoms with Crippen molar-refractivity contribution in [1.29, 1.82) is 0 Å². The number of carbonyl (C=O) groups is 1. The summed E-state index contributed by atoms with van der Waals surface area (Å²) in [6.45, 7) is 4.95. The van der Waals surface area contributed by atoms with Crippen molar-refractivity contribution in [2.45, 2.75) is 18.8 Å². The lowest BCUT2D eigenvalue weighted by Crippen LogP contribution is -2.36. The highest BCUT2D eigenvalue weighted by atomic mass is 16.3. The molecule has 1 aliphatic rings. The normalized spacial score (nSPS) is 15.8. The third-order valence-electron chi connectivity index (χ3n) is 4.85. The third-order valence-corrected chi connectivity index (χ3v) is 4.85. The fourth-order valence-electron chi connectivity index (χ4n) is 3.35. The lowest BCUT2D eigenvalue weighted by molar-refractivity contribution is -0.127. The smallest absolute Gasteiger partial charge is 0.245 e. The van der Waals surface area contributed by atoms with Crippen LogP contribution in [0.15, 0.2) is 43.0 Å². The number of piperidine rings is 1. The molecule has 1 saturated heterocycles. The Morgan fingerprint density at radius 2 is 2.00 bits per heavy atom. The molecule has 6 N–H and O–H groups in total. The van der Waals surface area contributed by atoms with Gasteiger partial charge in [0.05, 0.1) is 0 Å². The van der Waals surface area contributed by atoms with Gasteiger partial charge in [0.1, 0.15) is 11.6 Å². The number of para-hydroxylation sites is 1. The zero-order chi connectivity index (χ0) is 18.7. The summed E-state index contributed by atoms with van der Waals surface area (Å²) in [6.07, 6.45) is 4.87. The highest BCUT2D eigenvalue weighted by Crippen LogP contribution is 2.31. The first-order chi connectivity index (χ1) is 12.5. The summed E-state index contributed by atoms with van der Waals surface area (Å²) in [5.41, 5.74) is 15.1. The van der Waals surface area contributed by atoms with Crippen LogP contribution in [0, 0.1) is 0 Å². The van der Waals surface area contributed by atoms with E-state index in [-0.39, 0.29) is 11.7 Å². The molecular formula is C20H24N4O2. The Morgan fingerprint density at radius 1 is 1.31 bits per heavy atom. The Labute approximate surface area is 152 Å². The Balaban J connectivity index is 1.76. The highest BCUT2D eigenvalue weighted by molar-refractivity contribution is 5.87. The minimum absolute atomic E-state index is 0.0199. The van der Waals surface area contributed by atoms with Crippen molar-refractivity contribution in [3.05, 3.63) is 59.8 Å². The van der Waals surface area contributed by atoms with Gasteiger partial charge in [-0.3, -0.25) is 4.79 Å². The molecule has 1 amide bonds. The van der Waals surface area contributed by atoms with E-state index in [0.29, 0.717) is 36.1 Å². The molecule has 1 aromatic carbocycles. The number of anilines is 1. The Bertz CT molecular complexity index is 845. The van der Waals surface area contributed by atoms with Crippen molar-refractivity contribution in [1.82, 2.24) is 9.88 Å². The number of rotatable bonds is 4. The molecule has 0 aliphatic carbocycles. The van der Waals surface area contributed by atoms with Crippen molar-refractivity contribution in [3.63, 3.8) is 0 Å². The quantitative estimate of drug-likeness (QED) is 0.634. The summed E-state index contributed by atoms with van der Waals surface area (Å²) in [6, 6.07) is 8.92. The number of aromatic nitrogens is 1. The second kappa shape index (κ2) is 7.39. The molecule has 2 aromatic rings. The fourth-order valence-corrected chi connectivity index (χ4v) is 3.35. The minimum atomic E-state index is -0.0199. The second-order valence-corrected chi connectivity index (χ2v) is 6.51. The van der Waals surface area contributed by atoms with Gasteiger partial charge in [-0.1, -0.05) is 18.7 Å². The summed E-state index contributed by atoms with van der Waals surface area (Å²) in [5.74, 6) is 0.978. The average Bonchev–Trinajstić information content (AvgIpc) is 3.02. The van der Waals surface area contributed by atoms with E-state index < -0.39 is 0 Å². The van der Waals surface area contributed by atoms with Gasteiger partial charge < -0.3 is 26.5 Å². The number of aromatic amines is 1. The van der Waals surface area contributed by atoms with E-state index in [1.807, 2.05) is 17.0 Å². The first-order valence-electron chi connectivity index (χ1n) is 8.65. The number of hydrogen-bond donors (Lipinski definition) is 4. The zero-order valence-electron chi connectivity index (χ0n) is 14.6. The lowest BCUT2D eigenvalue weighted by Gasteiger charge is -2.30. The highest BCUT2D eigenvalue weighted by Gasteiger charge is 2.24. The monoisotopic (exact) mass is 352 g/mol. The number of carbonyl (C=O) groups excluding carboxylic acids is 1. The molecule has 0 radical (unpaired) electrons. The third kappa shape index (κ3) is 3.59. The van der Waals surface area contributed by atoms with Crippen molar-refractivity contribution in [2.75, 3.05) is 18.8 Å². The molecule has 6 heteroatoms. The number of nitrogens with two attached hydrogens (primary N) is 2. The molecule has 136 valence electrons. The van der Waals surface area contributed by atoms with Gasteiger partial charge in [-0.15, -0.1) is 0 Å². The van der Waals surface area contributed by atoms with Crippen LogP contribution in [-0.2, 0) is 4.79 Å². The molecule has 1 fully saturated rings. The van der Waals surface area contributed by atoms with Gasteiger partial charge in [0, 0.05) is 41.5 Å². The molecule has 0 atom stereocenters. The molecule has 6 nitrogen and oxygen atoms in total. The van der Waals surface area contributed by atoms with Crippen LogP contribution in [0.2, 0.25) is 0 Å². The molecule has 1 aromatic heterocycles. The number of H-pyrrole nitrogens is 1. The fraction of sp³-hybridized carbons (Fsp3) is 0.250. The number of nitrogens with zero attached hydrogens (tertiary/aromatic N) is 1. The Morgan fingerprint density at radius 3 is 2.65 bits per heavy atom. The van der Waals surface area contributed by atoms with Crippen LogP contribution in [0.5, 0.6) is 5.75 Å². The summed E-state index contributed by atoms with van der Waals surface area (Å²) >= 11 is 0. The maximum absolute atomic E-state index is 11.7. The molecule has 1 aliphatic heterocycles. The van der Waals surface area contributed by atoms with E-state index in [0.717, 1.165) is 24.1 Å². The van der Waals surface area contributed by atoms with Gasteiger partial charge in [-0.05, 0) is 43.2 Å². The van der Waals surface area contributed by atoms with Crippen molar-refractivity contribution < 1.29 is 9.90 Å². The van der Waals surface area contributed by atoms with Crippen LogP contribution < -0.4 is 11.5 Å². The number of aromatic hydroxyl groups is 1. The van der Waals surface area contributed by atoms with Gasteiger partial charge in [0.15, 0.2) is 0 Å². The zero-order valence-corrected chi connectivity index (χ0v) is 14.6. The first kappa shape index (κ1) is 17.7. The topological polar surface area (TPSA) is 108 Å². The van der Waals surface area contributed by atoms with Gasteiger partial charge in [0.25, 0.3) is 0 Å². The van der Waals surface area contributed by atoms with E-state index in [4.69, 9.17) is 11.5 Å². The van der Waals surface area contributed by atoms with E-state index in [9.17, 15) is 9.90 Å². The molecule has 0 unspecified atom stereocenters. The molecule has 0 spiro atoms. The second-order valence-electron chi connectivity index (χ2n) is 6.51. The summed E-state index contributed by atoms with van der Waals surface area (Å²) < 4.78 is 0. The number of nitrogens with one attached hydrogen (secondary N) is 1. The number of phenols is 1. The Hall–Kier alpha value is -3.15. The van der Waals surface area contributed by atoms with Gasteiger partial charge in [-0.25, -0.2) is 0 Å². The number of phenolic OH excluding ortho intramolecular Hbond substituents is 1. The number of nitrogen functional groups attached to an aromatic ring is 1. The summed E-state index contributed by atoms with van der Waals surface area (Å²) in [4.78, 5) is 16.7. The number of benzene rings is 1. The maximum atomic E-state index is 11.7. The predicted molar refractivity (Wildman–Crippen MR) is 104 cm³/mol. The van der Waals surface area contributed by atoms with Crippen molar-refractivity contribution in [3.8, 4) is 5.75 Å². The molecule has 3 rings (SSSR count). The number of amides is 1. The SMILES string of the molecule is C=CC(=O)N1CCC(c2cc(/C=C(\N)c3ccccc3O)c(N)[nH]2)CC1. The van der Waals surface area contributed by atoms with Crippen LogP contribution in [0.25, 0.3) is 11.8 Å². The lowest BCUT2D eigenvalue weighted by atomic mass is 9.93. The first-order valence-corrected chi connectivity index (χ1v) is 8.65. The molecule has 0 saturated carbocycles. The van der Waals surface area contributed by atoms with Crippen LogP contribution >= 0.6 is 0 Å². The van der Waals surface area contributed by atoms with E-state index >= 15 is 0 Å². The van der Waals surface area contributed by atoms with Gasteiger partial charge >= 0.3 is 0 Å². The molecule has 2 heterocycles. The van der Waals surface area contributed by atoms with E-state index in [2.05, 4.69) is 11.6 Å². The van der Waals surface area contributed by atoms with Crippen LogP contribution in [-0.4, -0.2) is 34.0 Å². The number of likely N-dealkylation sites (tertiary alicyclic amines) is 1. The summed E-state index contributed by atoms with van der Waals surface area (Å²) in [7, 11) is 0. The summed E-state index contributed by atoms with van der Waals surface area (Å²) in [5, 5.41) is 9.93. The molecule has 26 heavy (non-hydrogen) atoms. The van der Waals surface area contributed by atoms with Gasteiger partial charge in [-0.2, -0.15) is 0 Å². The Kier molecular flexibility index (Phi) is 5.02. The van der Waals surface area contributed by atoms with Crippen LogP contribution in [0.1, 0.15) is 35.6 Å². The standard InChI is InChI=1S/C20H24N4O2/c1-2-19(26)24-9-7-13(8-10-24)17-12-14(20(22)23-17)11-16(21)15-5-3-4-6-18(15)25/h2-6,11-13,23,25H,1,7-10,21-22H2/b16-11-. The van der Waals surface area contributed by atoms with Gasteiger partial charge in [0.2, 0.25) is 5.91 Å². The van der Waals surface area contributed by atoms with Crippen LogP contribution in [0.4, 0.5) is 5.82 Å². The number of hydrogen-bond acceptors (Lipinski definition) is 4.